The van der Waals surface area contributed by atoms with Crippen LogP contribution in [0.25, 0.3) is 16.2 Å². The van der Waals surface area contributed by atoms with Gasteiger partial charge in [0.1, 0.15) is 22.4 Å². The third-order valence-corrected chi connectivity index (χ3v) is 6.70. The molecule has 0 saturated heterocycles. The van der Waals surface area contributed by atoms with Gasteiger partial charge in [-0.2, -0.15) is 0 Å². The summed E-state index contributed by atoms with van der Waals surface area (Å²) in [4.78, 5) is 17.8. The number of carbonyl (C=O) groups is 1. The molecule has 0 unspecified atom stereocenters. The Morgan fingerprint density at radius 2 is 2.06 bits per heavy atom. The number of nitrogens with one attached hydrogen (secondary N) is 1. The van der Waals surface area contributed by atoms with Crippen LogP contribution in [0.2, 0.25) is 5.02 Å². The number of hydrogen-bond donors (Lipinski definition) is 2. The second-order valence-corrected chi connectivity index (χ2v) is 10.4. The molecule has 0 aliphatic heterocycles. The standard InChI is InChI=1S/C25H27ClN4O2S/c1-15(17-9-8-16(11-18(17)26)13-29-25(2,3)4)32-20-12-21(33-23(20)24(27)31)19-14-28-22-7-5-6-10-30(19)22/h5-12,14-15,29H,13H2,1-4H3,(H2,27,31)/t15-/m1/s1. The Balaban J connectivity index is 1.59. The quantitative estimate of drug-likeness (QED) is 0.346. The van der Waals surface area contributed by atoms with Crippen LogP contribution in [0.5, 0.6) is 5.75 Å². The lowest BCUT2D eigenvalue weighted by Gasteiger charge is -2.21. The van der Waals surface area contributed by atoms with Gasteiger partial charge in [0.05, 0.1) is 16.8 Å². The fourth-order valence-electron chi connectivity index (χ4n) is 3.51. The number of aromatic nitrogens is 2. The Hall–Kier alpha value is -2.87. The Labute approximate surface area is 202 Å². The van der Waals surface area contributed by atoms with E-state index in [1.165, 1.54) is 11.3 Å². The fraction of sp³-hybridized carbons (Fsp3) is 0.280. The summed E-state index contributed by atoms with van der Waals surface area (Å²) in [5, 5.41) is 4.07. The minimum absolute atomic E-state index is 0.0181. The highest BCUT2D eigenvalue weighted by Crippen LogP contribution is 2.39. The number of fused-ring (bicyclic) bond motifs is 1. The molecule has 172 valence electrons. The van der Waals surface area contributed by atoms with Crippen molar-refractivity contribution in [2.75, 3.05) is 0 Å². The van der Waals surface area contributed by atoms with Crippen LogP contribution in [0, 0.1) is 0 Å². The second kappa shape index (κ2) is 9.17. The lowest BCUT2D eigenvalue weighted by atomic mass is 10.1. The molecule has 0 fully saturated rings. The van der Waals surface area contributed by atoms with Gasteiger partial charge in [0.15, 0.2) is 0 Å². The first-order chi connectivity index (χ1) is 15.6. The average Bonchev–Trinajstić information content (AvgIpc) is 3.36. The summed E-state index contributed by atoms with van der Waals surface area (Å²) >= 11 is 7.88. The summed E-state index contributed by atoms with van der Waals surface area (Å²) in [7, 11) is 0. The smallest absolute Gasteiger partial charge is 0.262 e. The molecule has 1 amide bonds. The Morgan fingerprint density at radius 3 is 2.76 bits per heavy atom. The van der Waals surface area contributed by atoms with Crippen LogP contribution < -0.4 is 15.8 Å². The minimum Gasteiger partial charge on any atom is -0.484 e. The summed E-state index contributed by atoms with van der Waals surface area (Å²) in [5.41, 5.74) is 9.31. The maximum Gasteiger partial charge on any atom is 0.262 e. The molecule has 3 heterocycles. The maximum atomic E-state index is 12.1. The summed E-state index contributed by atoms with van der Waals surface area (Å²) in [6.45, 7) is 8.99. The fourth-order valence-corrected chi connectivity index (χ4v) is 4.81. The van der Waals surface area contributed by atoms with Crippen LogP contribution >= 0.6 is 22.9 Å². The highest BCUT2D eigenvalue weighted by Gasteiger charge is 2.21. The van der Waals surface area contributed by atoms with Crippen molar-refractivity contribution in [3.63, 3.8) is 0 Å². The van der Waals surface area contributed by atoms with E-state index in [2.05, 4.69) is 31.1 Å². The van der Waals surface area contributed by atoms with E-state index in [9.17, 15) is 4.79 Å². The van der Waals surface area contributed by atoms with Crippen molar-refractivity contribution in [2.45, 2.75) is 45.9 Å². The monoisotopic (exact) mass is 482 g/mol. The average molecular weight is 483 g/mol. The van der Waals surface area contributed by atoms with Crippen molar-refractivity contribution >= 4 is 34.5 Å². The molecule has 3 aromatic heterocycles. The van der Waals surface area contributed by atoms with Crippen molar-refractivity contribution in [2.24, 2.45) is 5.73 Å². The van der Waals surface area contributed by atoms with Gasteiger partial charge in [-0.05, 0) is 51.5 Å². The van der Waals surface area contributed by atoms with Crippen LogP contribution in [-0.4, -0.2) is 20.8 Å². The number of nitrogens with zero attached hydrogens (tertiary/aromatic N) is 2. The van der Waals surface area contributed by atoms with Crippen molar-refractivity contribution in [3.8, 4) is 16.3 Å². The maximum absolute atomic E-state index is 12.1. The summed E-state index contributed by atoms with van der Waals surface area (Å²) in [6.07, 6.45) is 3.34. The molecule has 1 atom stereocenters. The Bertz CT molecular complexity index is 1310. The van der Waals surface area contributed by atoms with Crippen LogP contribution in [0.3, 0.4) is 0 Å². The van der Waals surface area contributed by atoms with Gasteiger partial charge < -0.3 is 15.8 Å². The highest BCUT2D eigenvalue weighted by atomic mass is 35.5. The number of halogens is 1. The molecule has 3 N–H and O–H groups in total. The first-order valence-electron chi connectivity index (χ1n) is 10.7. The Morgan fingerprint density at radius 1 is 1.27 bits per heavy atom. The van der Waals surface area contributed by atoms with Crippen molar-refractivity contribution in [1.82, 2.24) is 14.7 Å². The minimum atomic E-state index is -0.531. The zero-order valence-corrected chi connectivity index (χ0v) is 20.6. The zero-order chi connectivity index (χ0) is 23.8. The van der Waals surface area contributed by atoms with Gasteiger partial charge in [0.25, 0.3) is 5.91 Å². The van der Waals surface area contributed by atoms with Crippen LogP contribution in [0.4, 0.5) is 0 Å². The lowest BCUT2D eigenvalue weighted by molar-refractivity contribution is 0.0998. The lowest BCUT2D eigenvalue weighted by Crippen LogP contribution is -2.35. The molecule has 8 heteroatoms. The molecular weight excluding hydrogens is 456 g/mol. The third-order valence-electron chi connectivity index (χ3n) is 5.22. The predicted molar refractivity (Wildman–Crippen MR) is 134 cm³/mol. The third kappa shape index (κ3) is 5.21. The number of benzene rings is 1. The number of imidazole rings is 1. The Kier molecular flexibility index (Phi) is 6.47. The molecular formula is C25H27ClN4O2S. The van der Waals surface area contributed by atoms with Gasteiger partial charge in [0.2, 0.25) is 0 Å². The molecule has 0 aliphatic rings. The molecule has 0 aliphatic carbocycles. The largest absolute Gasteiger partial charge is 0.484 e. The van der Waals surface area contributed by atoms with E-state index in [0.29, 0.717) is 15.6 Å². The molecule has 0 saturated carbocycles. The van der Waals surface area contributed by atoms with Gasteiger partial charge in [-0.15, -0.1) is 11.3 Å². The van der Waals surface area contributed by atoms with Gasteiger partial charge in [-0.25, -0.2) is 4.98 Å². The number of hydrogen-bond acceptors (Lipinski definition) is 5. The number of primary amides is 1. The predicted octanol–water partition coefficient (Wildman–Crippen LogP) is 5.84. The number of pyridine rings is 1. The first kappa shape index (κ1) is 23.3. The van der Waals surface area contributed by atoms with Crippen molar-refractivity contribution < 1.29 is 9.53 Å². The highest BCUT2D eigenvalue weighted by molar-refractivity contribution is 7.17. The van der Waals surface area contributed by atoms with Gasteiger partial charge >= 0.3 is 0 Å². The molecule has 4 aromatic rings. The zero-order valence-electron chi connectivity index (χ0n) is 19.1. The van der Waals surface area contributed by atoms with E-state index < -0.39 is 5.91 Å². The SMILES string of the molecule is C[C@@H](Oc1cc(-c2cnc3ccccn23)sc1C(N)=O)c1ccc(CNC(C)(C)C)cc1Cl. The normalized spacial score (nSPS) is 12.8. The van der Waals surface area contributed by atoms with Gasteiger partial charge in [-0.1, -0.05) is 29.8 Å². The van der Waals surface area contributed by atoms with Crippen LogP contribution in [-0.2, 0) is 6.54 Å². The van der Waals surface area contributed by atoms with Crippen LogP contribution in [0.15, 0.2) is 54.9 Å². The van der Waals surface area contributed by atoms with E-state index >= 15 is 0 Å². The number of rotatable bonds is 7. The molecule has 6 nitrogen and oxygen atoms in total. The molecule has 0 radical (unpaired) electrons. The second-order valence-electron chi connectivity index (χ2n) is 8.96. The number of thiophene rings is 1. The van der Waals surface area contributed by atoms with E-state index in [1.54, 1.807) is 6.20 Å². The summed E-state index contributed by atoms with van der Waals surface area (Å²) < 4.78 is 8.16. The molecule has 0 bridgehead atoms. The molecule has 4 rings (SSSR count). The van der Waals surface area contributed by atoms with E-state index in [1.807, 2.05) is 60.0 Å². The van der Waals surface area contributed by atoms with Gasteiger partial charge in [0, 0.05) is 34.9 Å². The van der Waals surface area contributed by atoms with Gasteiger partial charge in [-0.3, -0.25) is 9.20 Å². The number of carbonyl (C=O) groups excluding carboxylic acids is 1. The topological polar surface area (TPSA) is 81.7 Å². The number of ether oxygens (including phenoxy) is 1. The molecule has 0 spiro atoms. The molecule has 1 aromatic carbocycles. The van der Waals surface area contributed by atoms with Crippen molar-refractivity contribution in [3.05, 3.63) is 75.9 Å². The number of amides is 1. The van der Waals surface area contributed by atoms with Crippen molar-refractivity contribution in [1.29, 1.82) is 0 Å². The summed E-state index contributed by atoms with van der Waals surface area (Å²) in [6, 6.07) is 13.6. The number of nitrogens with two attached hydrogens (primary N) is 1. The van der Waals surface area contributed by atoms with E-state index in [0.717, 1.165) is 33.9 Å². The first-order valence-corrected chi connectivity index (χ1v) is 11.9. The van der Waals surface area contributed by atoms with E-state index in [-0.39, 0.29) is 11.6 Å². The molecule has 33 heavy (non-hydrogen) atoms. The summed E-state index contributed by atoms with van der Waals surface area (Å²) in [5.74, 6) is -0.0904. The van der Waals surface area contributed by atoms with E-state index in [4.69, 9.17) is 22.1 Å². The van der Waals surface area contributed by atoms with Crippen LogP contribution in [0.1, 0.15) is 54.6 Å².